The summed E-state index contributed by atoms with van der Waals surface area (Å²) in [6, 6.07) is 0. The average Bonchev–Trinajstić information content (AvgIpc) is 2.28. The number of nitrogens with two attached hydrogens (primary N) is 1. The Morgan fingerprint density at radius 2 is 2.19 bits per heavy atom. The summed E-state index contributed by atoms with van der Waals surface area (Å²) in [6.07, 6.45) is 7.73. The zero-order valence-electron chi connectivity index (χ0n) is 9.89. The van der Waals surface area contributed by atoms with Crippen LogP contribution >= 0.6 is 0 Å². The Morgan fingerprint density at radius 3 is 2.62 bits per heavy atom. The fraction of sp³-hybridized carbons (Fsp3) is 0.667. The predicted octanol–water partition coefficient (Wildman–Crippen LogP) is 1.56. The van der Waals surface area contributed by atoms with Gasteiger partial charge in [0, 0.05) is 19.6 Å². The van der Waals surface area contributed by atoms with Gasteiger partial charge in [-0.2, -0.15) is 0 Å². The molecule has 0 unspecified atom stereocenters. The van der Waals surface area contributed by atoms with E-state index < -0.39 is 0 Å². The van der Waals surface area contributed by atoms with Crippen molar-refractivity contribution in [3.63, 3.8) is 0 Å². The van der Waals surface area contributed by atoms with E-state index in [1.807, 2.05) is 6.20 Å². The van der Waals surface area contributed by atoms with Crippen molar-refractivity contribution in [1.29, 1.82) is 0 Å². The molecule has 4 heteroatoms. The minimum absolute atomic E-state index is 0.460. The van der Waals surface area contributed by atoms with Gasteiger partial charge in [0.2, 0.25) is 0 Å². The van der Waals surface area contributed by atoms with E-state index in [0.717, 1.165) is 30.5 Å². The van der Waals surface area contributed by atoms with E-state index in [0.29, 0.717) is 6.54 Å². The highest BCUT2D eigenvalue weighted by Gasteiger charge is 2.20. The first-order valence-corrected chi connectivity index (χ1v) is 6.09. The second kappa shape index (κ2) is 5.25. The normalized spacial score (nSPS) is 15.9. The Bertz CT molecular complexity index is 318. The lowest BCUT2D eigenvalue weighted by Gasteiger charge is -2.32. The highest BCUT2D eigenvalue weighted by atomic mass is 15.2. The van der Waals surface area contributed by atoms with Crippen molar-refractivity contribution in [2.75, 3.05) is 18.0 Å². The molecule has 1 heterocycles. The second-order valence-electron chi connectivity index (χ2n) is 4.41. The van der Waals surface area contributed by atoms with Gasteiger partial charge < -0.3 is 10.6 Å². The van der Waals surface area contributed by atoms with E-state index in [1.54, 1.807) is 6.20 Å². The van der Waals surface area contributed by atoms with Gasteiger partial charge in [-0.25, -0.2) is 4.98 Å². The molecular weight excluding hydrogens is 200 g/mol. The van der Waals surface area contributed by atoms with Gasteiger partial charge in [0.05, 0.1) is 18.1 Å². The summed E-state index contributed by atoms with van der Waals surface area (Å²) in [5.74, 6) is 1.84. The summed E-state index contributed by atoms with van der Waals surface area (Å²) >= 11 is 0. The van der Waals surface area contributed by atoms with Gasteiger partial charge in [-0.3, -0.25) is 4.98 Å². The largest absolute Gasteiger partial charge is 0.355 e. The Hall–Kier alpha value is -1.16. The van der Waals surface area contributed by atoms with Gasteiger partial charge in [-0.1, -0.05) is 6.42 Å². The number of hydrogen-bond donors (Lipinski definition) is 1. The standard InChI is InChI=1S/C12H20N4/c1-2-16(9-10-4-3-5-10)12-8-14-11(6-13)7-15-12/h7-8,10H,2-6,9,13H2,1H3. The first-order valence-electron chi connectivity index (χ1n) is 6.09. The van der Waals surface area contributed by atoms with Gasteiger partial charge in [0.15, 0.2) is 0 Å². The first-order chi connectivity index (χ1) is 7.83. The third kappa shape index (κ3) is 2.50. The summed E-state index contributed by atoms with van der Waals surface area (Å²) in [6.45, 7) is 4.74. The molecule has 1 aliphatic carbocycles. The van der Waals surface area contributed by atoms with Crippen molar-refractivity contribution in [2.24, 2.45) is 11.7 Å². The first kappa shape index (κ1) is 11.3. The number of hydrogen-bond acceptors (Lipinski definition) is 4. The molecule has 0 bridgehead atoms. The zero-order chi connectivity index (χ0) is 11.4. The lowest BCUT2D eigenvalue weighted by atomic mass is 9.85. The topological polar surface area (TPSA) is 55.0 Å². The van der Waals surface area contributed by atoms with E-state index in [9.17, 15) is 0 Å². The minimum atomic E-state index is 0.460. The van der Waals surface area contributed by atoms with Crippen LogP contribution in [0.15, 0.2) is 12.4 Å². The van der Waals surface area contributed by atoms with Crippen molar-refractivity contribution in [2.45, 2.75) is 32.7 Å². The molecule has 2 N–H and O–H groups in total. The maximum Gasteiger partial charge on any atom is 0.147 e. The fourth-order valence-corrected chi connectivity index (χ4v) is 1.99. The molecule has 0 radical (unpaired) electrons. The summed E-state index contributed by atoms with van der Waals surface area (Å²) in [7, 11) is 0. The van der Waals surface area contributed by atoms with Crippen molar-refractivity contribution in [1.82, 2.24) is 9.97 Å². The van der Waals surface area contributed by atoms with Crippen LogP contribution in [0.5, 0.6) is 0 Å². The molecule has 0 aromatic carbocycles. The Labute approximate surface area is 96.9 Å². The van der Waals surface area contributed by atoms with Crippen LogP contribution in [0.4, 0.5) is 5.82 Å². The van der Waals surface area contributed by atoms with Crippen LogP contribution in [-0.2, 0) is 6.54 Å². The van der Waals surface area contributed by atoms with Crippen molar-refractivity contribution in [3.8, 4) is 0 Å². The molecule has 0 saturated heterocycles. The van der Waals surface area contributed by atoms with Crippen LogP contribution in [0.25, 0.3) is 0 Å². The van der Waals surface area contributed by atoms with E-state index in [-0.39, 0.29) is 0 Å². The molecule has 4 nitrogen and oxygen atoms in total. The van der Waals surface area contributed by atoms with Crippen LogP contribution in [0.2, 0.25) is 0 Å². The molecule has 1 saturated carbocycles. The molecule has 1 aliphatic rings. The molecule has 88 valence electrons. The van der Waals surface area contributed by atoms with Crippen molar-refractivity contribution < 1.29 is 0 Å². The third-order valence-corrected chi connectivity index (χ3v) is 3.31. The second-order valence-corrected chi connectivity index (χ2v) is 4.41. The number of nitrogens with zero attached hydrogens (tertiary/aromatic N) is 3. The minimum Gasteiger partial charge on any atom is -0.355 e. The van der Waals surface area contributed by atoms with Crippen LogP contribution in [0.1, 0.15) is 31.9 Å². The molecule has 1 fully saturated rings. The number of aromatic nitrogens is 2. The van der Waals surface area contributed by atoms with E-state index in [1.165, 1.54) is 19.3 Å². The zero-order valence-corrected chi connectivity index (χ0v) is 9.89. The summed E-state index contributed by atoms with van der Waals surface area (Å²) in [5, 5.41) is 0. The van der Waals surface area contributed by atoms with Gasteiger partial charge in [0.1, 0.15) is 5.82 Å². The van der Waals surface area contributed by atoms with Gasteiger partial charge in [-0.15, -0.1) is 0 Å². The summed E-state index contributed by atoms with van der Waals surface area (Å²) < 4.78 is 0. The molecule has 2 rings (SSSR count). The molecule has 0 amide bonds. The van der Waals surface area contributed by atoms with Crippen LogP contribution < -0.4 is 10.6 Å². The lowest BCUT2D eigenvalue weighted by molar-refractivity contribution is 0.318. The number of anilines is 1. The quantitative estimate of drug-likeness (QED) is 0.818. The molecule has 0 aliphatic heterocycles. The van der Waals surface area contributed by atoms with Crippen molar-refractivity contribution >= 4 is 5.82 Å². The Balaban J connectivity index is 2.00. The van der Waals surface area contributed by atoms with Gasteiger partial charge in [0.25, 0.3) is 0 Å². The average molecular weight is 220 g/mol. The highest BCUT2D eigenvalue weighted by Crippen LogP contribution is 2.28. The van der Waals surface area contributed by atoms with E-state index in [2.05, 4.69) is 21.8 Å². The molecule has 0 spiro atoms. The maximum absolute atomic E-state index is 5.50. The molecule has 0 atom stereocenters. The fourth-order valence-electron chi connectivity index (χ4n) is 1.99. The smallest absolute Gasteiger partial charge is 0.147 e. The summed E-state index contributed by atoms with van der Waals surface area (Å²) in [4.78, 5) is 11.0. The van der Waals surface area contributed by atoms with E-state index >= 15 is 0 Å². The Kier molecular flexibility index (Phi) is 3.72. The van der Waals surface area contributed by atoms with E-state index in [4.69, 9.17) is 5.73 Å². The van der Waals surface area contributed by atoms with Crippen LogP contribution in [-0.4, -0.2) is 23.1 Å². The SMILES string of the molecule is CCN(CC1CCC1)c1cnc(CN)cn1. The molecule has 1 aromatic rings. The number of rotatable bonds is 5. The monoisotopic (exact) mass is 220 g/mol. The van der Waals surface area contributed by atoms with Gasteiger partial charge in [-0.05, 0) is 25.7 Å². The Morgan fingerprint density at radius 1 is 1.38 bits per heavy atom. The van der Waals surface area contributed by atoms with Crippen molar-refractivity contribution in [3.05, 3.63) is 18.1 Å². The van der Waals surface area contributed by atoms with Crippen LogP contribution in [0, 0.1) is 5.92 Å². The highest BCUT2D eigenvalue weighted by molar-refractivity contribution is 5.35. The lowest BCUT2D eigenvalue weighted by Crippen LogP contribution is -2.33. The maximum atomic E-state index is 5.50. The predicted molar refractivity (Wildman–Crippen MR) is 65.2 cm³/mol. The molecule has 1 aromatic heterocycles. The van der Waals surface area contributed by atoms with Gasteiger partial charge >= 0.3 is 0 Å². The third-order valence-electron chi connectivity index (χ3n) is 3.31. The molecular formula is C12H20N4. The van der Waals surface area contributed by atoms with Crippen LogP contribution in [0.3, 0.4) is 0 Å². The molecule has 16 heavy (non-hydrogen) atoms. The summed E-state index contributed by atoms with van der Waals surface area (Å²) in [5.41, 5.74) is 6.35.